The van der Waals surface area contributed by atoms with E-state index in [1.807, 2.05) is 36.0 Å². The van der Waals surface area contributed by atoms with Crippen molar-refractivity contribution in [2.75, 3.05) is 17.4 Å². The summed E-state index contributed by atoms with van der Waals surface area (Å²) >= 11 is 1.82. The van der Waals surface area contributed by atoms with Crippen LogP contribution in [0.25, 0.3) is 0 Å². The number of nitrogens with one attached hydrogen (secondary N) is 1. The minimum atomic E-state index is -0.0971. The minimum Gasteiger partial charge on any atom is -0.399 e. The maximum atomic E-state index is 11.8. The van der Waals surface area contributed by atoms with Crippen LogP contribution in [0, 0.1) is 0 Å². The molecule has 1 atom stereocenters. The fourth-order valence-corrected chi connectivity index (χ4v) is 3.26. The lowest BCUT2D eigenvalue weighted by Crippen LogP contribution is -2.55. The van der Waals surface area contributed by atoms with Crippen molar-refractivity contribution in [3.05, 3.63) is 29.8 Å². The lowest BCUT2D eigenvalue weighted by molar-refractivity contribution is -0.125. The molecule has 0 bridgehead atoms. The summed E-state index contributed by atoms with van der Waals surface area (Å²) in [6.07, 6.45) is 0.859. The van der Waals surface area contributed by atoms with Gasteiger partial charge in [0.1, 0.15) is 6.04 Å². The molecule has 2 aliphatic rings. The smallest absolute Gasteiger partial charge is 0.262 e. The maximum absolute atomic E-state index is 11.8. The Hall–Kier alpha value is -1.69. The lowest BCUT2D eigenvalue weighted by Gasteiger charge is -2.38. The topological polar surface area (TPSA) is 70.7 Å². The van der Waals surface area contributed by atoms with E-state index < -0.39 is 0 Å². The molecule has 1 amide bonds. The largest absolute Gasteiger partial charge is 0.399 e. The van der Waals surface area contributed by atoms with E-state index in [0.29, 0.717) is 5.69 Å². The van der Waals surface area contributed by atoms with Crippen LogP contribution in [-0.2, 0) is 4.79 Å². The molecule has 0 aliphatic carbocycles. The molecule has 1 fully saturated rings. The molecule has 1 saturated heterocycles. The van der Waals surface area contributed by atoms with E-state index in [-0.39, 0.29) is 11.9 Å². The Balaban J connectivity index is 1.98. The van der Waals surface area contributed by atoms with Crippen LogP contribution in [-0.4, -0.2) is 34.3 Å². The van der Waals surface area contributed by atoms with Crippen LogP contribution >= 0.6 is 11.8 Å². The fraction of sp³-hybridized carbons (Fsp3) is 0.333. The van der Waals surface area contributed by atoms with E-state index in [0.717, 1.165) is 29.4 Å². The molecule has 3 N–H and O–H groups in total. The first-order valence-corrected chi connectivity index (χ1v) is 6.99. The molecule has 18 heavy (non-hydrogen) atoms. The van der Waals surface area contributed by atoms with Crippen molar-refractivity contribution in [1.82, 2.24) is 10.3 Å². The highest BCUT2D eigenvalue weighted by atomic mass is 32.2. The summed E-state index contributed by atoms with van der Waals surface area (Å²) < 4.78 is 0. The molecule has 3 rings (SSSR count). The second kappa shape index (κ2) is 4.53. The van der Waals surface area contributed by atoms with Crippen molar-refractivity contribution < 1.29 is 4.79 Å². The molecule has 2 heterocycles. The first-order valence-electron chi connectivity index (χ1n) is 5.83. The normalized spacial score (nSPS) is 23.1. The molecule has 6 heteroatoms. The number of thioether (sulfide) groups is 1. The summed E-state index contributed by atoms with van der Waals surface area (Å²) in [6.45, 7) is 0. The highest BCUT2D eigenvalue weighted by Gasteiger charge is 2.34. The van der Waals surface area contributed by atoms with Gasteiger partial charge in [0.2, 0.25) is 0 Å². The Kier molecular flexibility index (Phi) is 2.87. The van der Waals surface area contributed by atoms with E-state index in [9.17, 15) is 4.79 Å². The van der Waals surface area contributed by atoms with Gasteiger partial charge < -0.3 is 10.6 Å². The van der Waals surface area contributed by atoms with Crippen molar-refractivity contribution in [2.45, 2.75) is 12.5 Å². The van der Waals surface area contributed by atoms with Crippen molar-refractivity contribution in [2.24, 2.45) is 5.10 Å². The average molecular weight is 262 g/mol. The molecular weight excluding hydrogens is 248 g/mol. The molecule has 1 aromatic carbocycles. The van der Waals surface area contributed by atoms with Crippen LogP contribution in [0.2, 0.25) is 0 Å². The monoisotopic (exact) mass is 262 g/mol. The van der Waals surface area contributed by atoms with Gasteiger partial charge in [-0.05, 0) is 24.3 Å². The Bertz CT molecular complexity index is 517. The van der Waals surface area contributed by atoms with Crippen molar-refractivity contribution in [1.29, 1.82) is 0 Å². The van der Waals surface area contributed by atoms with Crippen molar-refractivity contribution >= 4 is 29.2 Å². The molecule has 0 radical (unpaired) electrons. The van der Waals surface area contributed by atoms with Gasteiger partial charge in [-0.3, -0.25) is 4.79 Å². The summed E-state index contributed by atoms with van der Waals surface area (Å²) in [6, 6.07) is 7.49. The number of rotatable bonds is 1. The lowest BCUT2D eigenvalue weighted by atomic mass is 10.1. The zero-order valence-corrected chi connectivity index (χ0v) is 10.6. The standard InChI is InChI=1S/C12H14N4OS/c13-9-3-1-2-8(6-9)11-14-15-12(17)10-4-5-18-7-16(10)11/h1-3,6,10H,4-5,7,13H2,(H,15,17). The Labute approximate surface area is 109 Å². The molecule has 0 spiro atoms. The van der Waals surface area contributed by atoms with E-state index in [1.54, 1.807) is 0 Å². The highest BCUT2D eigenvalue weighted by molar-refractivity contribution is 7.99. The molecule has 1 unspecified atom stereocenters. The predicted octanol–water partition coefficient (Wildman–Crippen LogP) is 0.825. The number of carbonyl (C=O) groups excluding carboxylic acids is 1. The number of hydrazone groups is 1. The van der Waals surface area contributed by atoms with E-state index in [2.05, 4.69) is 15.4 Å². The molecule has 2 aliphatic heterocycles. The number of nitrogen functional groups attached to an aromatic ring is 1. The molecular formula is C12H14N4OS. The average Bonchev–Trinajstić information content (AvgIpc) is 2.39. The van der Waals surface area contributed by atoms with Crippen LogP contribution in [0.4, 0.5) is 5.69 Å². The van der Waals surface area contributed by atoms with Crippen LogP contribution in [0.15, 0.2) is 29.4 Å². The number of hydrogen-bond acceptors (Lipinski definition) is 5. The highest BCUT2D eigenvalue weighted by Crippen LogP contribution is 2.25. The van der Waals surface area contributed by atoms with Gasteiger partial charge >= 0.3 is 0 Å². The van der Waals surface area contributed by atoms with Gasteiger partial charge in [-0.15, -0.1) is 11.8 Å². The number of fused-ring (bicyclic) bond motifs is 1. The molecule has 0 aromatic heterocycles. The number of amides is 1. The van der Waals surface area contributed by atoms with E-state index in [4.69, 9.17) is 5.73 Å². The summed E-state index contributed by atoms with van der Waals surface area (Å²) in [4.78, 5) is 13.8. The summed E-state index contributed by atoms with van der Waals surface area (Å²) in [5.74, 6) is 2.60. The second-order valence-electron chi connectivity index (χ2n) is 4.35. The van der Waals surface area contributed by atoms with Gasteiger partial charge in [0.25, 0.3) is 5.91 Å². The first kappa shape index (κ1) is 11.4. The SMILES string of the molecule is Nc1cccc(C2=NNC(=O)C3CCSCN23)c1. The number of nitrogens with zero attached hydrogens (tertiary/aromatic N) is 2. The quantitative estimate of drug-likeness (QED) is 0.735. The van der Waals surface area contributed by atoms with Gasteiger partial charge in [0.05, 0.1) is 5.88 Å². The molecule has 5 nitrogen and oxygen atoms in total. The zero-order valence-electron chi connectivity index (χ0n) is 9.80. The van der Waals surface area contributed by atoms with E-state index in [1.165, 1.54) is 0 Å². The Morgan fingerprint density at radius 2 is 2.39 bits per heavy atom. The number of carbonyl (C=O) groups is 1. The predicted molar refractivity (Wildman–Crippen MR) is 73.1 cm³/mol. The minimum absolute atomic E-state index is 0.0112. The first-order chi connectivity index (χ1) is 8.75. The number of hydrogen-bond donors (Lipinski definition) is 2. The van der Waals surface area contributed by atoms with Gasteiger partial charge in [0.15, 0.2) is 5.84 Å². The van der Waals surface area contributed by atoms with Gasteiger partial charge in [0, 0.05) is 11.3 Å². The summed E-state index contributed by atoms with van der Waals surface area (Å²) in [5.41, 5.74) is 10.0. The van der Waals surface area contributed by atoms with Gasteiger partial charge in [-0.25, -0.2) is 5.43 Å². The Morgan fingerprint density at radius 3 is 3.22 bits per heavy atom. The third-order valence-electron chi connectivity index (χ3n) is 3.13. The zero-order chi connectivity index (χ0) is 12.5. The van der Waals surface area contributed by atoms with Crippen molar-refractivity contribution in [3.63, 3.8) is 0 Å². The van der Waals surface area contributed by atoms with Crippen LogP contribution < -0.4 is 11.2 Å². The van der Waals surface area contributed by atoms with Gasteiger partial charge in [-0.1, -0.05) is 12.1 Å². The summed E-state index contributed by atoms with van der Waals surface area (Å²) in [7, 11) is 0. The molecule has 0 saturated carbocycles. The van der Waals surface area contributed by atoms with E-state index >= 15 is 0 Å². The number of amidine groups is 1. The van der Waals surface area contributed by atoms with Crippen LogP contribution in [0.5, 0.6) is 0 Å². The number of nitrogens with two attached hydrogens (primary N) is 1. The summed E-state index contributed by atoms with van der Waals surface area (Å²) in [5, 5.41) is 4.18. The maximum Gasteiger partial charge on any atom is 0.262 e. The number of benzene rings is 1. The Morgan fingerprint density at radius 1 is 1.50 bits per heavy atom. The van der Waals surface area contributed by atoms with Crippen LogP contribution in [0.3, 0.4) is 0 Å². The fourth-order valence-electron chi connectivity index (χ4n) is 2.24. The molecule has 1 aromatic rings. The third-order valence-corrected chi connectivity index (χ3v) is 4.12. The second-order valence-corrected chi connectivity index (χ2v) is 5.42. The molecule has 94 valence electrons. The van der Waals surface area contributed by atoms with Crippen molar-refractivity contribution in [3.8, 4) is 0 Å². The number of anilines is 1. The third kappa shape index (κ3) is 1.92. The van der Waals surface area contributed by atoms with Gasteiger partial charge in [-0.2, -0.15) is 5.10 Å². The van der Waals surface area contributed by atoms with Crippen LogP contribution in [0.1, 0.15) is 12.0 Å².